The zero-order valence-corrected chi connectivity index (χ0v) is 13.9. The van der Waals surface area contributed by atoms with E-state index < -0.39 is 41.9 Å². The molecule has 0 aliphatic carbocycles. The minimum absolute atomic E-state index is 0.0618. The van der Waals surface area contributed by atoms with Gasteiger partial charge in [-0.1, -0.05) is 13.8 Å². The highest BCUT2D eigenvalue weighted by atomic mass is 32.1. The highest BCUT2D eigenvalue weighted by molar-refractivity contribution is 7.80. The fraction of sp³-hybridized carbons (Fsp3) is 0.692. The van der Waals surface area contributed by atoms with Crippen molar-refractivity contribution < 1.29 is 29.4 Å². The third-order valence-electron chi connectivity index (χ3n) is 3.05. The summed E-state index contributed by atoms with van der Waals surface area (Å²) in [4.78, 5) is 45.4. The summed E-state index contributed by atoms with van der Waals surface area (Å²) in [6.45, 7) is 3.27. The molecule has 0 rings (SSSR count). The van der Waals surface area contributed by atoms with Crippen molar-refractivity contribution >= 4 is 36.4 Å². The van der Waals surface area contributed by atoms with Crippen LogP contribution in [-0.2, 0) is 19.2 Å². The van der Waals surface area contributed by atoms with Crippen molar-refractivity contribution in [3.8, 4) is 0 Å². The van der Waals surface area contributed by atoms with Gasteiger partial charge in [-0.15, -0.1) is 0 Å². The van der Waals surface area contributed by atoms with E-state index in [1.165, 1.54) is 0 Å². The lowest BCUT2D eigenvalue weighted by atomic mass is 10.0. The predicted octanol–water partition coefficient (Wildman–Crippen LogP) is -1.18. The molecule has 0 radical (unpaired) electrons. The number of nitrogens with one attached hydrogen (secondary N) is 2. The van der Waals surface area contributed by atoms with Crippen LogP contribution in [0.5, 0.6) is 0 Å². The SMILES string of the molecule is CC(C)[C@H](NC(=O)[C@H](CS)NC(=O)[C@@H](N)CCC(=O)O)C(=O)O. The van der Waals surface area contributed by atoms with Crippen molar-refractivity contribution in [3.05, 3.63) is 0 Å². The average molecular weight is 349 g/mol. The van der Waals surface area contributed by atoms with Crippen LogP contribution >= 0.6 is 12.6 Å². The lowest BCUT2D eigenvalue weighted by Gasteiger charge is -2.23. The highest BCUT2D eigenvalue weighted by Crippen LogP contribution is 2.03. The van der Waals surface area contributed by atoms with Gasteiger partial charge >= 0.3 is 11.9 Å². The number of carboxylic acids is 2. The molecule has 0 aromatic rings. The van der Waals surface area contributed by atoms with E-state index in [-0.39, 0.29) is 24.5 Å². The standard InChI is InChI=1S/C13H23N3O6S/c1-6(2)10(13(21)22)16-12(20)8(5-23)15-11(19)7(14)3-4-9(17)18/h6-8,10,23H,3-5,14H2,1-2H3,(H,15,19)(H,16,20)(H,17,18)(H,21,22)/t7-,8-,10-/m0/s1. The minimum atomic E-state index is -1.18. The second-order valence-corrected chi connectivity index (χ2v) is 5.72. The molecule has 0 aliphatic heterocycles. The topological polar surface area (TPSA) is 159 Å². The Morgan fingerprint density at radius 1 is 1.09 bits per heavy atom. The van der Waals surface area contributed by atoms with Crippen LogP contribution in [0.4, 0.5) is 0 Å². The van der Waals surface area contributed by atoms with E-state index in [1.54, 1.807) is 13.8 Å². The molecule has 0 unspecified atom stereocenters. The van der Waals surface area contributed by atoms with Gasteiger partial charge in [0.1, 0.15) is 12.1 Å². The fourth-order valence-corrected chi connectivity index (χ4v) is 1.91. The van der Waals surface area contributed by atoms with Gasteiger partial charge in [-0.2, -0.15) is 12.6 Å². The molecule has 9 nitrogen and oxygen atoms in total. The average Bonchev–Trinajstić information content (AvgIpc) is 2.46. The summed E-state index contributed by atoms with van der Waals surface area (Å²) in [5.74, 6) is -4.07. The van der Waals surface area contributed by atoms with Crippen LogP contribution in [0.1, 0.15) is 26.7 Å². The Balaban J connectivity index is 4.69. The van der Waals surface area contributed by atoms with Gasteiger partial charge in [-0.05, 0) is 12.3 Å². The van der Waals surface area contributed by atoms with Crippen LogP contribution in [-0.4, -0.2) is 57.8 Å². The Kier molecular flexibility index (Phi) is 9.27. The molecule has 0 spiro atoms. The monoisotopic (exact) mass is 349 g/mol. The molecule has 0 aliphatic rings. The van der Waals surface area contributed by atoms with Gasteiger partial charge in [-0.3, -0.25) is 14.4 Å². The Bertz CT molecular complexity index is 457. The summed E-state index contributed by atoms with van der Waals surface area (Å²) in [5, 5.41) is 22.2. The van der Waals surface area contributed by atoms with Crippen molar-refractivity contribution in [2.45, 2.75) is 44.8 Å². The number of rotatable bonds is 10. The van der Waals surface area contributed by atoms with Gasteiger partial charge in [0.15, 0.2) is 0 Å². The summed E-state index contributed by atoms with van der Waals surface area (Å²) in [6.07, 6.45) is -0.355. The maximum Gasteiger partial charge on any atom is 0.326 e. The molecule has 10 heteroatoms. The molecular formula is C13H23N3O6S. The number of aliphatic carboxylic acids is 2. The summed E-state index contributed by atoms with van der Waals surface area (Å²) in [5.41, 5.74) is 5.54. The first-order valence-corrected chi connectivity index (χ1v) is 7.65. The fourth-order valence-electron chi connectivity index (χ4n) is 1.65. The number of hydrogen-bond acceptors (Lipinski definition) is 6. The van der Waals surface area contributed by atoms with E-state index in [0.29, 0.717) is 0 Å². The van der Waals surface area contributed by atoms with Gasteiger partial charge in [0.2, 0.25) is 11.8 Å². The number of nitrogens with two attached hydrogens (primary N) is 1. The maximum atomic E-state index is 12.0. The molecule has 0 saturated carbocycles. The Morgan fingerprint density at radius 2 is 1.65 bits per heavy atom. The predicted molar refractivity (Wildman–Crippen MR) is 85.0 cm³/mol. The Labute approximate surface area is 139 Å². The third-order valence-corrected chi connectivity index (χ3v) is 3.42. The second kappa shape index (κ2) is 10.1. The number of carbonyl (C=O) groups excluding carboxylic acids is 2. The smallest absolute Gasteiger partial charge is 0.326 e. The van der Waals surface area contributed by atoms with Crippen LogP contribution in [0.25, 0.3) is 0 Å². The highest BCUT2D eigenvalue weighted by Gasteiger charge is 2.28. The lowest BCUT2D eigenvalue weighted by molar-refractivity contribution is -0.143. The molecule has 6 N–H and O–H groups in total. The minimum Gasteiger partial charge on any atom is -0.481 e. The molecule has 0 heterocycles. The molecule has 23 heavy (non-hydrogen) atoms. The van der Waals surface area contributed by atoms with Gasteiger partial charge in [0, 0.05) is 12.2 Å². The molecule has 0 bridgehead atoms. The van der Waals surface area contributed by atoms with Crippen molar-refractivity contribution in [3.63, 3.8) is 0 Å². The number of hydrogen-bond donors (Lipinski definition) is 6. The molecule has 2 amide bonds. The lowest BCUT2D eigenvalue weighted by Crippen LogP contribution is -2.56. The maximum absolute atomic E-state index is 12.0. The molecule has 0 fully saturated rings. The summed E-state index contributed by atoms with van der Waals surface area (Å²) >= 11 is 3.95. The Morgan fingerprint density at radius 3 is 2.04 bits per heavy atom. The molecule has 3 atom stereocenters. The van der Waals surface area contributed by atoms with E-state index in [1.807, 2.05) is 0 Å². The van der Waals surface area contributed by atoms with Crippen molar-refractivity contribution in [2.24, 2.45) is 11.7 Å². The zero-order valence-electron chi connectivity index (χ0n) is 13.0. The summed E-state index contributed by atoms with van der Waals surface area (Å²) in [7, 11) is 0. The van der Waals surface area contributed by atoms with Crippen LogP contribution in [0.15, 0.2) is 0 Å². The number of carboxylic acid groups (broad SMARTS) is 2. The van der Waals surface area contributed by atoms with Gasteiger partial charge in [0.25, 0.3) is 0 Å². The number of carbonyl (C=O) groups is 4. The molecule has 0 saturated heterocycles. The van der Waals surface area contributed by atoms with E-state index in [0.717, 1.165) is 0 Å². The van der Waals surface area contributed by atoms with E-state index >= 15 is 0 Å². The van der Waals surface area contributed by atoms with Crippen LogP contribution in [0.3, 0.4) is 0 Å². The molecule has 132 valence electrons. The van der Waals surface area contributed by atoms with Crippen molar-refractivity contribution in [1.82, 2.24) is 10.6 Å². The molecule has 0 aromatic heterocycles. The third kappa shape index (κ3) is 7.84. The zero-order chi connectivity index (χ0) is 18.2. The van der Waals surface area contributed by atoms with Gasteiger partial charge < -0.3 is 26.6 Å². The van der Waals surface area contributed by atoms with Crippen LogP contribution in [0.2, 0.25) is 0 Å². The summed E-state index contributed by atoms with van der Waals surface area (Å²) < 4.78 is 0. The van der Waals surface area contributed by atoms with Crippen molar-refractivity contribution in [1.29, 1.82) is 0 Å². The first kappa shape index (κ1) is 21.2. The number of thiol groups is 1. The molecule has 0 aromatic carbocycles. The van der Waals surface area contributed by atoms with Crippen LogP contribution < -0.4 is 16.4 Å². The quantitative estimate of drug-likeness (QED) is 0.271. The van der Waals surface area contributed by atoms with Crippen LogP contribution in [0, 0.1) is 5.92 Å². The normalized spacial score (nSPS) is 14.7. The number of amides is 2. The molecular weight excluding hydrogens is 326 g/mol. The Hall–Kier alpha value is -1.81. The van der Waals surface area contributed by atoms with Crippen molar-refractivity contribution in [2.75, 3.05) is 5.75 Å². The van der Waals surface area contributed by atoms with Gasteiger partial charge in [-0.25, -0.2) is 4.79 Å². The first-order chi connectivity index (χ1) is 10.6. The first-order valence-electron chi connectivity index (χ1n) is 7.01. The largest absolute Gasteiger partial charge is 0.481 e. The van der Waals surface area contributed by atoms with E-state index in [4.69, 9.17) is 15.9 Å². The summed E-state index contributed by atoms with van der Waals surface area (Å²) in [6, 6.07) is -3.24. The van der Waals surface area contributed by atoms with Gasteiger partial charge in [0.05, 0.1) is 6.04 Å². The van der Waals surface area contributed by atoms with E-state index in [2.05, 4.69) is 23.3 Å². The van der Waals surface area contributed by atoms with E-state index in [9.17, 15) is 19.2 Å². The second-order valence-electron chi connectivity index (χ2n) is 5.35.